The Morgan fingerprint density at radius 1 is 1.09 bits per heavy atom. The van der Waals surface area contributed by atoms with Crippen LogP contribution in [0.25, 0.3) is 0 Å². The number of nitrogens with one attached hydrogen (secondary N) is 1. The van der Waals surface area contributed by atoms with Gasteiger partial charge in [0, 0.05) is 63.1 Å². The van der Waals surface area contributed by atoms with Crippen LogP contribution in [0.3, 0.4) is 0 Å². The molecule has 1 heterocycles. The zero-order valence-electron chi connectivity index (χ0n) is 19.2. The number of piperazine rings is 1. The molecule has 0 spiro atoms. The fraction of sp³-hybridized carbons (Fsp3) is 0.435. The summed E-state index contributed by atoms with van der Waals surface area (Å²) < 4.78 is 0. The molecule has 0 aromatic heterocycles. The van der Waals surface area contributed by atoms with Crippen LogP contribution in [-0.2, 0) is 0 Å². The zero-order valence-corrected chi connectivity index (χ0v) is 19.9. The highest BCUT2D eigenvalue weighted by Crippen LogP contribution is 2.37. The Labute approximate surface area is 193 Å². The lowest BCUT2D eigenvalue weighted by Gasteiger charge is -2.43. The van der Waals surface area contributed by atoms with Crippen LogP contribution in [0.1, 0.15) is 31.1 Å². The van der Waals surface area contributed by atoms with Crippen LogP contribution in [0.5, 0.6) is 0 Å². The largest absolute Gasteiger partial charge is 0.378 e. The molecular weight excluding hydrogens is 430 g/mol. The molecule has 0 atom stereocenters. The molecule has 9 heteroatoms. The fourth-order valence-corrected chi connectivity index (χ4v) is 4.05. The van der Waals surface area contributed by atoms with Crippen LogP contribution < -0.4 is 15.1 Å². The van der Waals surface area contributed by atoms with Gasteiger partial charge in [0.1, 0.15) is 5.69 Å². The molecule has 8 nitrogen and oxygen atoms in total. The summed E-state index contributed by atoms with van der Waals surface area (Å²) in [5, 5.41) is 14.6. The average molecular weight is 460 g/mol. The van der Waals surface area contributed by atoms with Crippen LogP contribution in [0.4, 0.5) is 22.7 Å². The number of benzene rings is 2. The van der Waals surface area contributed by atoms with Gasteiger partial charge in [0.2, 0.25) is 0 Å². The monoisotopic (exact) mass is 459 g/mol. The fourth-order valence-electron chi connectivity index (χ4n) is 3.77. The SMILES string of the molecule is CN(C)c1ccc(C(=O)Nc2cc(N3CCN(C(C)(C)C)CC3)c(Cl)cc2[N+](=O)[O-])cc1. The standard InChI is InChI=1S/C23H30ClN5O3/c1-23(2,3)28-12-10-27(11-13-28)20-15-19(21(29(31)32)14-18(20)24)25-22(30)16-6-8-17(9-7-16)26(4)5/h6-9,14-15H,10-13H2,1-5H3,(H,25,30). The molecule has 0 radical (unpaired) electrons. The Morgan fingerprint density at radius 2 is 1.69 bits per heavy atom. The molecule has 32 heavy (non-hydrogen) atoms. The molecule has 1 N–H and O–H groups in total. The van der Waals surface area contributed by atoms with Crippen molar-refractivity contribution >= 4 is 40.3 Å². The van der Waals surface area contributed by atoms with Crippen molar-refractivity contribution < 1.29 is 9.72 Å². The second-order valence-corrected chi connectivity index (χ2v) is 9.53. The molecule has 0 aliphatic carbocycles. The Bertz CT molecular complexity index is 994. The summed E-state index contributed by atoms with van der Waals surface area (Å²) in [7, 11) is 3.82. The van der Waals surface area contributed by atoms with Gasteiger partial charge < -0.3 is 15.1 Å². The molecule has 172 valence electrons. The van der Waals surface area contributed by atoms with E-state index in [1.807, 2.05) is 31.1 Å². The number of carbonyl (C=O) groups is 1. The van der Waals surface area contributed by atoms with E-state index in [0.29, 0.717) is 16.3 Å². The Morgan fingerprint density at radius 3 is 2.19 bits per heavy atom. The van der Waals surface area contributed by atoms with E-state index in [4.69, 9.17) is 11.6 Å². The number of halogens is 1. The van der Waals surface area contributed by atoms with E-state index in [2.05, 4.69) is 35.9 Å². The molecule has 3 rings (SSSR count). The van der Waals surface area contributed by atoms with Gasteiger partial charge in [-0.25, -0.2) is 0 Å². The van der Waals surface area contributed by atoms with E-state index in [0.717, 1.165) is 31.9 Å². The van der Waals surface area contributed by atoms with Gasteiger partial charge >= 0.3 is 0 Å². The van der Waals surface area contributed by atoms with Gasteiger partial charge in [0.25, 0.3) is 11.6 Å². The van der Waals surface area contributed by atoms with Crippen LogP contribution in [0, 0.1) is 10.1 Å². The second-order valence-electron chi connectivity index (χ2n) is 9.12. The topological polar surface area (TPSA) is 82.0 Å². The number of anilines is 3. The molecule has 0 bridgehead atoms. The number of hydrogen-bond donors (Lipinski definition) is 1. The lowest BCUT2D eigenvalue weighted by molar-refractivity contribution is -0.383. The van der Waals surface area contributed by atoms with Crippen molar-refractivity contribution in [1.82, 2.24) is 4.90 Å². The van der Waals surface area contributed by atoms with Gasteiger partial charge in [-0.15, -0.1) is 0 Å². The number of nitro groups is 1. The number of nitrogens with zero attached hydrogens (tertiary/aromatic N) is 4. The molecule has 0 saturated carbocycles. The third-order valence-electron chi connectivity index (χ3n) is 5.72. The number of hydrogen-bond acceptors (Lipinski definition) is 6. The summed E-state index contributed by atoms with van der Waals surface area (Å²) in [4.78, 5) is 30.3. The molecule has 1 amide bonds. The van der Waals surface area contributed by atoms with Gasteiger partial charge in [0.05, 0.1) is 15.6 Å². The smallest absolute Gasteiger partial charge is 0.294 e. The lowest BCUT2D eigenvalue weighted by Crippen LogP contribution is -2.53. The van der Waals surface area contributed by atoms with Crippen LogP contribution in [-0.4, -0.2) is 61.5 Å². The lowest BCUT2D eigenvalue weighted by atomic mass is 10.0. The van der Waals surface area contributed by atoms with Gasteiger partial charge in [-0.05, 0) is 51.1 Å². The Balaban J connectivity index is 1.85. The first-order chi connectivity index (χ1) is 15.0. The maximum atomic E-state index is 12.8. The number of nitro benzene ring substituents is 1. The van der Waals surface area contributed by atoms with Gasteiger partial charge in [-0.1, -0.05) is 11.6 Å². The highest BCUT2D eigenvalue weighted by atomic mass is 35.5. The van der Waals surface area contributed by atoms with E-state index in [-0.39, 0.29) is 16.9 Å². The number of rotatable bonds is 5. The quantitative estimate of drug-likeness (QED) is 0.524. The van der Waals surface area contributed by atoms with Crippen LogP contribution in [0.15, 0.2) is 36.4 Å². The Kier molecular flexibility index (Phi) is 6.95. The first-order valence-corrected chi connectivity index (χ1v) is 10.9. The summed E-state index contributed by atoms with van der Waals surface area (Å²) >= 11 is 6.43. The second kappa shape index (κ2) is 9.34. The maximum Gasteiger partial charge on any atom is 0.294 e. The molecule has 1 fully saturated rings. The van der Waals surface area contributed by atoms with E-state index in [1.54, 1.807) is 18.2 Å². The van der Waals surface area contributed by atoms with Crippen molar-refractivity contribution in [2.75, 3.05) is 55.4 Å². The first kappa shape index (κ1) is 23.8. The average Bonchev–Trinajstić information content (AvgIpc) is 2.74. The maximum absolute atomic E-state index is 12.8. The normalized spacial score (nSPS) is 14.9. The predicted octanol–water partition coefficient (Wildman–Crippen LogP) is 4.49. The number of amides is 1. The van der Waals surface area contributed by atoms with Crippen molar-refractivity contribution in [3.63, 3.8) is 0 Å². The summed E-state index contributed by atoms with van der Waals surface area (Å²) in [6, 6.07) is 9.96. The van der Waals surface area contributed by atoms with E-state index in [1.165, 1.54) is 6.07 Å². The van der Waals surface area contributed by atoms with Gasteiger partial charge in [-0.3, -0.25) is 19.8 Å². The summed E-state index contributed by atoms with van der Waals surface area (Å²) in [5.41, 5.74) is 2.03. The van der Waals surface area contributed by atoms with E-state index in [9.17, 15) is 14.9 Å². The molecule has 1 aliphatic heterocycles. The van der Waals surface area contributed by atoms with Crippen LogP contribution in [0.2, 0.25) is 5.02 Å². The van der Waals surface area contributed by atoms with Crippen molar-refractivity contribution in [2.24, 2.45) is 0 Å². The summed E-state index contributed by atoms with van der Waals surface area (Å²) in [6.07, 6.45) is 0. The van der Waals surface area contributed by atoms with E-state index >= 15 is 0 Å². The minimum atomic E-state index is -0.530. The summed E-state index contributed by atoms with van der Waals surface area (Å²) in [6.45, 7) is 9.75. The van der Waals surface area contributed by atoms with Crippen molar-refractivity contribution in [2.45, 2.75) is 26.3 Å². The van der Waals surface area contributed by atoms with E-state index < -0.39 is 10.8 Å². The van der Waals surface area contributed by atoms with Gasteiger partial charge in [-0.2, -0.15) is 0 Å². The van der Waals surface area contributed by atoms with Gasteiger partial charge in [0.15, 0.2) is 0 Å². The molecule has 1 saturated heterocycles. The predicted molar refractivity (Wildman–Crippen MR) is 130 cm³/mol. The third-order valence-corrected chi connectivity index (χ3v) is 6.03. The minimum Gasteiger partial charge on any atom is -0.378 e. The number of carbonyl (C=O) groups excluding carboxylic acids is 1. The minimum absolute atomic E-state index is 0.0760. The molecule has 2 aromatic rings. The summed E-state index contributed by atoms with van der Waals surface area (Å²) in [5.74, 6) is -0.413. The van der Waals surface area contributed by atoms with Crippen LogP contribution >= 0.6 is 11.6 Å². The molecular formula is C23H30ClN5O3. The zero-order chi connectivity index (χ0) is 23.6. The van der Waals surface area contributed by atoms with Crippen molar-refractivity contribution in [3.05, 3.63) is 57.1 Å². The molecule has 0 unspecified atom stereocenters. The Hall–Kier alpha value is -2.84. The molecule has 1 aliphatic rings. The van der Waals surface area contributed by atoms with Crippen molar-refractivity contribution in [1.29, 1.82) is 0 Å². The highest BCUT2D eigenvalue weighted by Gasteiger charge is 2.28. The third kappa shape index (κ3) is 5.31. The first-order valence-electron chi connectivity index (χ1n) is 10.5. The molecule has 2 aromatic carbocycles. The highest BCUT2D eigenvalue weighted by molar-refractivity contribution is 6.33. The van der Waals surface area contributed by atoms with Crippen molar-refractivity contribution in [3.8, 4) is 0 Å².